The molecule has 2 N–H and O–H groups in total. The van der Waals surface area contributed by atoms with Crippen molar-refractivity contribution in [2.45, 2.75) is 6.36 Å². The molecule has 0 aliphatic heterocycles. The van der Waals surface area contributed by atoms with Crippen LogP contribution >= 0.6 is 11.8 Å². The highest BCUT2D eigenvalue weighted by Gasteiger charge is 2.30. The summed E-state index contributed by atoms with van der Waals surface area (Å²) in [5, 5.41) is -0.754. The Morgan fingerprint density at radius 3 is 2.26 bits per heavy atom. The van der Waals surface area contributed by atoms with E-state index in [4.69, 9.17) is 5.73 Å². The Morgan fingerprint density at radius 1 is 1.26 bits per heavy atom. The lowest BCUT2D eigenvalue weighted by Gasteiger charge is -2.08. The quantitative estimate of drug-likeness (QED) is 0.684. The number of rotatable bonds is 4. The Morgan fingerprint density at radius 2 is 1.84 bits per heavy atom. The minimum Gasteiger partial charge on any atom is -0.406 e. The monoisotopic (exact) mass is 291 g/mol. The molecule has 1 rings (SSSR count). The summed E-state index contributed by atoms with van der Waals surface area (Å²) in [5.74, 6) is -0.375. The van der Waals surface area contributed by atoms with Gasteiger partial charge in [-0.05, 0) is 35.5 Å². The average molecular weight is 291 g/mol. The van der Waals surface area contributed by atoms with Crippen LogP contribution in [0.2, 0.25) is 0 Å². The second kappa shape index (κ2) is 6.28. The number of hydrogen-bond acceptors (Lipinski definition) is 4. The number of benzene rings is 1. The topological polar surface area (TPSA) is 69.4 Å². The van der Waals surface area contributed by atoms with E-state index in [2.05, 4.69) is 4.74 Å². The lowest BCUT2D eigenvalue weighted by Crippen LogP contribution is -2.16. The SMILES string of the molecule is NC(=O)S/C(C=O)=C\c1ccc(OC(F)(F)F)cc1. The van der Waals surface area contributed by atoms with Crippen LogP contribution in [0, 0.1) is 0 Å². The maximum Gasteiger partial charge on any atom is 0.573 e. The van der Waals surface area contributed by atoms with Gasteiger partial charge < -0.3 is 10.5 Å². The van der Waals surface area contributed by atoms with E-state index in [9.17, 15) is 22.8 Å². The minimum atomic E-state index is -4.76. The van der Waals surface area contributed by atoms with E-state index in [1.54, 1.807) is 0 Å². The third-order valence-corrected chi connectivity index (χ3v) is 2.41. The Hall–Kier alpha value is -1.96. The standard InChI is InChI=1S/C11H8F3NO3S/c12-11(13,14)18-8-3-1-7(2-4-8)5-9(6-16)19-10(15)17/h1-6H,(H2,15,17)/b9-5-. The smallest absolute Gasteiger partial charge is 0.406 e. The van der Waals surface area contributed by atoms with Crippen molar-refractivity contribution in [3.8, 4) is 5.75 Å². The molecule has 0 aromatic heterocycles. The van der Waals surface area contributed by atoms with E-state index >= 15 is 0 Å². The molecular formula is C11H8F3NO3S. The third-order valence-electron chi connectivity index (χ3n) is 1.76. The van der Waals surface area contributed by atoms with Gasteiger partial charge >= 0.3 is 6.36 Å². The average Bonchev–Trinajstić information content (AvgIpc) is 2.28. The first-order chi connectivity index (χ1) is 8.80. The molecule has 0 saturated carbocycles. The van der Waals surface area contributed by atoms with Crippen molar-refractivity contribution >= 4 is 29.4 Å². The summed E-state index contributed by atoms with van der Waals surface area (Å²) in [5.41, 5.74) is 5.33. The van der Waals surface area contributed by atoms with Crippen LogP contribution < -0.4 is 10.5 Å². The minimum absolute atomic E-state index is 0.0528. The molecule has 1 aromatic carbocycles. The summed E-state index contributed by atoms with van der Waals surface area (Å²) < 4.78 is 39.4. The molecule has 1 aromatic rings. The number of thioether (sulfide) groups is 1. The lowest BCUT2D eigenvalue weighted by molar-refractivity contribution is -0.274. The molecule has 0 fully saturated rings. The Balaban J connectivity index is 2.83. The molecule has 0 spiro atoms. The van der Waals surface area contributed by atoms with Crippen molar-refractivity contribution in [3.63, 3.8) is 0 Å². The van der Waals surface area contributed by atoms with Gasteiger partial charge in [-0.1, -0.05) is 12.1 Å². The second-order valence-corrected chi connectivity index (χ2v) is 4.28. The van der Waals surface area contributed by atoms with Crippen LogP contribution in [0.1, 0.15) is 5.56 Å². The molecule has 0 aliphatic carbocycles. The largest absolute Gasteiger partial charge is 0.573 e. The van der Waals surface area contributed by atoms with Gasteiger partial charge in [0.1, 0.15) is 5.75 Å². The van der Waals surface area contributed by atoms with Crippen LogP contribution in [0.15, 0.2) is 29.2 Å². The van der Waals surface area contributed by atoms with E-state index in [-0.39, 0.29) is 10.7 Å². The zero-order valence-corrected chi connectivity index (χ0v) is 10.1. The number of carbonyl (C=O) groups is 2. The number of alkyl halides is 3. The Bertz CT molecular complexity index is 497. The number of ether oxygens (including phenoxy) is 1. The van der Waals surface area contributed by atoms with E-state index in [1.807, 2.05) is 0 Å². The second-order valence-electron chi connectivity index (χ2n) is 3.20. The van der Waals surface area contributed by atoms with Gasteiger partial charge in [0.15, 0.2) is 6.29 Å². The zero-order chi connectivity index (χ0) is 14.5. The van der Waals surface area contributed by atoms with Gasteiger partial charge in [-0.3, -0.25) is 9.59 Å². The predicted molar refractivity (Wildman–Crippen MR) is 64.3 cm³/mol. The van der Waals surface area contributed by atoms with Crippen LogP contribution in [0.3, 0.4) is 0 Å². The van der Waals surface area contributed by atoms with Crippen LogP contribution in [0.25, 0.3) is 6.08 Å². The molecule has 8 heteroatoms. The van der Waals surface area contributed by atoms with Crippen molar-refractivity contribution < 1.29 is 27.5 Å². The fourth-order valence-electron chi connectivity index (χ4n) is 1.13. The molecule has 19 heavy (non-hydrogen) atoms. The summed E-state index contributed by atoms with van der Waals surface area (Å²) in [4.78, 5) is 21.3. The zero-order valence-electron chi connectivity index (χ0n) is 9.31. The lowest BCUT2D eigenvalue weighted by atomic mass is 10.2. The molecule has 4 nitrogen and oxygen atoms in total. The summed E-state index contributed by atoms with van der Waals surface area (Å²) in [6.07, 6.45) is -3.01. The molecule has 0 radical (unpaired) electrons. The molecule has 0 heterocycles. The fraction of sp³-hybridized carbons (Fsp3) is 0.0909. The molecule has 0 aliphatic rings. The first-order valence-corrected chi connectivity index (χ1v) is 5.62. The summed E-state index contributed by atoms with van der Waals surface area (Å²) >= 11 is 0.529. The molecule has 0 atom stereocenters. The fourth-order valence-corrected chi connectivity index (χ4v) is 1.61. The van der Waals surface area contributed by atoms with E-state index in [1.165, 1.54) is 18.2 Å². The highest BCUT2D eigenvalue weighted by Crippen LogP contribution is 2.24. The van der Waals surface area contributed by atoms with Crippen molar-refractivity contribution in [2.75, 3.05) is 0 Å². The van der Waals surface area contributed by atoms with Gasteiger partial charge in [-0.2, -0.15) is 0 Å². The predicted octanol–water partition coefficient (Wildman–Crippen LogP) is 2.94. The van der Waals surface area contributed by atoms with Gasteiger partial charge in [0.2, 0.25) is 0 Å². The van der Waals surface area contributed by atoms with Crippen LogP contribution in [-0.2, 0) is 4.79 Å². The number of carbonyl (C=O) groups excluding carboxylic acids is 2. The summed E-state index contributed by atoms with van der Waals surface area (Å²) in [6.45, 7) is 0. The van der Waals surface area contributed by atoms with E-state index in [0.29, 0.717) is 23.6 Å². The maximum atomic E-state index is 11.9. The number of halogens is 3. The van der Waals surface area contributed by atoms with E-state index in [0.717, 1.165) is 12.1 Å². The number of nitrogens with two attached hydrogens (primary N) is 1. The first kappa shape index (κ1) is 15.1. The molecule has 0 unspecified atom stereocenters. The van der Waals surface area contributed by atoms with Gasteiger partial charge in [0.05, 0.1) is 4.91 Å². The third kappa shape index (κ3) is 5.96. The normalized spacial score (nSPS) is 12.1. The number of allylic oxidation sites excluding steroid dienone is 1. The first-order valence-electron chi connectivity index (χ1n) is 4.80. The van der Waals surface area contributed by atoms with Crippen molar-refractivity contribution in [2.24, 2.45) is 5.73 Å². The van der Waals surface area contributed by atoms with Crippen molar-refractivity contribution in [3.05, 3.63) is 34.7 Å². The molecule has 0 bridgehead atoms. The Kier molecular flexibility index (Phi) is 4.99. The molecule has 102 valence electrons. The van der Waals surface area contributed by atoms with Gasteiger partial charge in [-0.25, -0.2) is 0 Å². The van der Waals surface area contributed by atoms with Crippen LogP contribution in [0.4, 0.5) is 18.0 Å². The van der Waals surface area contributed by atoms with Gasteiger partial charge in [0.25, 0.3) is 5.24 Å². The molecule has 1 amide bonds. The summed E-state index contributed by atoms with van der Waals surface area (Å²) in [6, 6.07) is 4.81. The van der Waals surface area contributed by atoms with Crippen molar-refractivity contribution in [1.82, 2.24) is 0 Å². The van der Waals surface area contributed by atoms with E-state index < -0.39 is 11.6 Å². The molecular weight excluding hydrogens is 283 g/mol. The highest BCUT2D eigenvalue weighted by atomic mass is 32.2. The highest BCUT2D eigenvalue weighted by molar-refractivity contribution is 8.17. The van der Waals surface area contributed by atoms with Crippen molar-refractivity contribution in [1.29, 1.82) is 0 Å². The number of hydrogen-bond donors (Lipinski definition) is 1. The number of primary amides is 1. The van der Waals surface area contributed by atoms with Gasteiger partial charge in [0, 0.05) is 0 Å². The van der Waals surface area contributed by atoms with Gasteiger partial charge in [-0.15, -0.1) is 13.2 Å². The van der Waals surface area contributed by atoms with Crippen LogP contribution in [-0.4, -0.2) is 17.9 Å². The number of amides is 1. The summed E-state index contributed by atoms with van der Waals surface area (Å²) in [7, 11) is 0. The Labute approximate surface area is 110 Å². The molecule has 0 saturated heterocycles. The van der Waals surface area contributed by atoms with Crippen LogP contribution in [0.5, 0.6) is 5.75 Å². The maximum absolute atomic E-state index is 11.9. The number of aldehydes is 1.